The van der Waals surface area contributed by atoms with Crippen molar-refractivity contribution in [3.8, 4) is 0 Å². The van der Waals surface area contributed by atoms with Crippen LogP contribution in [0.25, 0.3) is 0 Å². The van der Waals surface area contributed by atoms with Crippen LogP contribution in [0.5, 0.6) is 0 Å². The third kappa shape index (κ3) is 2.20. The zero-order valence-electron chi connectivity index (χ0n) is 8.95. The van der Waals surface area contributed by atoms with Gasteiger partial charge in [0, 0.05) is 11.6 Å². The Labute approximate surface area is 100.0 Å². The van der Waals surface area contributed by atoms with E-state index in [4.69, 9.17) is 17.3 Å². The first-order valence-electron chi connectivity index (χ1n) is 5.47. The van der Waals surface area contributed by atoms with Crippen LogP contribution in [0.2, 0.25) is 5.02 Å². The molecule has 1 aromatic rings. The Hall–Kier alpha value is -1.06. The number of rotatable bonds is 2. The normalized spacial score (nSPS) is 25.2. The van der Waals surface area contributed by atoms with Crippen molar-refractivity contribution in [1.29, 1.82) is 0 Å². The second-order valence-corrected chi connectivity index (χ2v) is 4.50. The third-order valence-electron chi connectivity index (χ3n) is 3.06. The first-order chi connectivity index (χ1) is 7.72. The standard InChI is InChI=1S/C12H15ClN2O/c13-10-4-2-1-3-9(10)11-6-5-8(7-14)12(16)15-11/h1-4,8,11H,5-7,14H2,(H,15,16). The molecule has 0 aliphatic carbocycles. The van der Waals surface area contributed by atoms with Crippen LogP contribution in [-0.4, -0.2) is 12.5 Å². The molecule has 1 aliphatic rings. The molecular formula is C12H15ClN2O. The smallest absolute Gasteiger partial charge is 0.224 e. The zero-order chi connectivity index (χ0) is 11.5. The zero-order valence-corrected chi connectivity index (χ0v) is 9.70. The molecule has 1 saturated heterocycles. The number of hydrogen-bond acceptors (Lipinski definition) is 2. The van der Waals surface area contributed by atoms with Gasteiger partial charge in [0.2, 0.25) is 5.91 Å². The monoisotopic (exact) mass is 238 g/mol. The summed E-state index contributed by atoms with van der Waals surface area (Å²) in [6, 6.07) is 7.65. The van der Waals surface area contributed by atoms with Gasteiger partial charge < -0.3 is 11.1 Å². The topological polar surface area (TPSA) is 55.1 Å². The van der Waals surface area contributed by atoms with Crippen molar-refractivity contribution in [2.24, 2.45) is 11.7 Å². The van der Waals surface area contributed by atoms with Crippen LogP contribution in [0, 0.1) is 5.92 Å². The molecule has 0 bridgehead atoms. The van der Waals surface area contributed by atoms with Gasteiger partial charge in [0.1, 0.15) is 0 Å². The molecule has 0 radical (unpaired) electrons. The molecule has 2 atom stereocenters. The molecule has 1 aliphatic heterocycles. The van der Waals surface area contributed by atoms with Crippen molar-refractivity contribution in [1.82, 2.24) is 5.32 Å². The van der Waals surface area contributed by atoms with Crippen LogP contribution in [-0.2, 0) is 4.79 Å². The van der Waals surface area contributed by atoms with E-state index in [9.17, 15) is 4.79 Å². The minimum atomic E-state index is -0.0428. The lowest BCUT2D eigenvalue weighted by molar-refractivity contribution is -0.127. The van der Waals surface area contributed by atoms with E-state index < -0.39 is 0 Å². The second-order valence-electron chi connectivity index (χ2n) is 4.09. The summed E-state index contributed by atoms with van der Waals surface area (Å²) in [4.78, 5) is 11.7. The van der Waals surface area contributed by atoms with E-state index in [2.05, 4.69) is 5.32 Å². The molecule has 1 fully saturated rings. The summed E-state index contributed by atoms with van der Waals surface area (Å²) in [5.41, 5.74) is 6.51. The molecule has 16 heavy (non-hydrogen) atoms. The number of nitrogens with two attached hydrogens (primary N) is 1. The number of halogens is 1. The maximum Gasteiger partial charge on any atom is 0.224 e. The van der Waals surface area contributed by atoms with Crippen molar-refractivity contribution in [2.45, 2.75) is 18.9 Å². The van der Waals surface area contributed by atoms with Crippen LogP contribution in [0.15, 0.2) is 24.3 Å². The summed E-state index contributed by atoms with van der Waals surface area (Å²) < 4.78 is 0. The Morgan fingerprint density at radius 1 is 1.38 bits per heavy atom. The molecule has 2 rings (SSSR count). The predicted molar refractivity (Wildman–Crippen MR) is 64.1 cm³/mol. The van der Waals surface area contributed by atoms with Crippen LogP contribution >= 0.6 is 11.6 Å². The van der Waals surface area contributed by atoms with Crippen LogP contribution in [0.1, 0.15) is 24.4 Å². The highest BCUT2D eigenvalue weighted by atomic mass is 35.5. The fourth-order valence-corrected chi connectivity index (χ4v) is 2.34. The van der Waals surface area contributed by atoms with E-state index in [1.54, 1.807) is 0 Å². The fourth-order valence-electron chi connectivity index (χ4n) is 2.08. The Morgan fingerprint density at radius 2 is 2.12 bits per heavy atom. The van der Waals surface area contributed by atoms with Crippen molar-refractivity contribution < 1.29 is 4.79 Å². The molecule has 0 spiro atoms. The highest BCUT2D eigenvalue weighted by Crippen LogP contribution is 2.30. The molecule has 4 heteroatoms. The van der Waals surface area contributed by atoms with Crippen molar-refractivity contribution in [3.05, 3.63) is 34.9 Å². The predicted octanol–water partition coefficient (Wildman–Crippen LogP) is 1.87. The van der Waals surface area contributed by atoms with Gasteiger partial charge in [0.05, 0.1) is 12.0 Å². The Morgan fingerprint density at radius 3 is 2.75 bits per heavy atom. The van der Waals surface area contributed by atoms with Crippen LogP contribution < -0.4 is 11.1 Å². The SMILES string of the molecule is NCC1CCC(c2ccccc2Cl)NC1=O. The highest BCUT2D eigenvalue weighted by Gasteiger charge is 2.28. The van der Waals surface area contributed by atoms with Gasteiger partial charge in [-0.3, -0.25) is 4.79 Å². The van der Waals surface area contributed by atoms with E-state index in [1.165, 1.54) is 0 Å². The molecule has 3 nitrogen and oxygen atoms in total. The number of piperidine rings is 1. The third-order valence-corrected chi connectivity index (χ3v) is 3.40. The molecule has 1 heterocycles. The highest BCUT2D eigenvalue weighted by molar-refractivity contribution is 6.31. The number of benzene rings is 1. The van der Waals surface area contributed by atoms with Crippen LogP contribution in [0.3, 0.4) is 0 Å². The Balaban J connectivity index is 2.14. The number of carbonyl (C=O) groups is 1. The minimum Gasteiger partial charge on any atom is -0.349 e. The summed E-state index contributed by atoms with van der Waals surface area (Å²) in [6.07, 6.45) is 1.73. The van der Waals surface area contributed by atoms with Gasteiger partial charge in [-0.15, -0.1) is 0 Å². The van der Waals surface area contributed by atoms with E-state index >= 15 is 0 Å². The van der Waals surface area contributed by atoms with Crippen molar-refractivity contribution in [3.63, 3.8) is 0 Å². The Bertz CT molecular complexity index is 394. The molecule has 2 unspecified atom stereocenters. The van der Waals surface area contributed by atoms with E-state index in [-0.39, 0.29) is 17.9 Å². The molecule has 1 aromatic carbocycles. The van der Waals surface area contributed by atoms with Gasteiger partial charge in [-0.1, -0.05) is 29.8 Å². The summed E-state index contributed by atoms with van der Waals surface area (Å²) in [6.45, 7) is 0.418. The number of carbonyl (C=O) groups excluding carboxylic acids is 1. The molecule has 86 valence electrons. The largest absolute Gasteiger partial charge is 0.349 e. The van der Waals surface area contributed by atoms with Crippen LogP contribution in [0.4, 0.5) is 0 Å². The van der Waals surface area contributed by atoms with Gasteiger partial charge in [-0.05, 0) is 24.5 Å². The maximum absolute atomic E-state index is 11.7. The van der Waals surface area contributed by atoms with Gasteiger partial charge >= 0.3 is 0 Å². The minimum absolute atomic E-state index is 0.0315. The summed E-state index contributed by atoms with van der Waals surface area (Å²) in [5.74, 6) is -0.00240. The van der Waals surface area contributed by atoms with Gasteiger partial charge in [0.15, 0.2) is 0 Å². The van der Waals surface area contributed by atoms with E-state index in [0.29, 0.717) is 11.6 Å². The van der Waals surface area contributed by atoms with Crippen molar-refractivity contribution >= 4 is 17.5 Å². The van der Waals surface area contributed by atoms with Crippen molar-refractivity contribution in [2.75, 3.05) is 6.54 Å². The molecule has 3 N–H and O–H groups in total. The summed E-state index contributed by atoms with van der Waals surface area (Å²) in [5, 5.41) is 3.68. The molecule has 0 saturated carbocycles. The summed E-state index contributed by atoms with van der Waals surface area (Å²) in [7, 11) is 0. The van der Waals surface area contributed by atoms with Gasteiger partial charge in [-0.2, -0.15) is 0 Å². The average Bonchev–Trinajstić information content (AvgIpc) is 2.29. The first kappa shape index (κ1) is 11.4. The van der Waals surface area contributed by atoms with E-state index in [1.807, 2.05) is 24.3 Å². The number of hydrogen-bond donors (Lipinski definition) is 2. The molecular weight excluding hydrogens is 224 g/mol. The average molecular weight is 239 g/mol. The lowest BCUT2D eigenvalue weighted by Crippen LogP contribution is -2.42. The van der Waals surface area contributed by atoms with E-state index in [0.717, 1.165) is 18.4 Å². The maximum atomic E-state index is 11.7. The van der Waals surface area contributed by atoms with Gasteiger partial charge in [0.25, 0.3) is 0 Å². The first-order valence-corrected chi connectivity index (χ1v) is 5.85. The van der Waals surface area contributed by atoms with Gasteiger partial charge in [-0.25, -0.2) is 0 Å². The summed E-state index contributed by atoms with van der Waals surface area (Å²) >= 11 is 6.10. The lowest BCUT2D eigenvalue weighted by atomic mass is 9.90. The second kappa shape index (κ2) is 4.85. The fraction of sp³-hybridized carbons (Fsp3) is 0.417. The molecule has 1 amide bonds. The number of amides is 1. The Kier molecular flexibility index (Phi) is 3.46. The lowest BCUT2D eigenvalue weighted by Gasteiger charge is -2.29. The quantitative estimate of drug-likeness (QED) is 0.827. The molecule has 0 aromatic heterocycles. The number of nitrogens with one attached hydrogen (secondary N) is 1.